The van der Waals surface area contributed by atoms with Gasteiger partial charge in [-0.15, -0.1) is 0 Å². The fourth-order valence-electron chi connectivity index (χ4n) is 3.40. The van der Waals surface area contributed by atoms with Crippen molar-refractivity contribution in [1.29, 1.82) is 0 Å². The number of fused-ring (bicyclic) bond motifs is 1. The highest BCUT2D eigenvalue weighted by Crippen LogP contribution is 2.19. The minimum atomic E-state index is -0.616. The maximum atomic E-state index is 12.6. The van der Waals surface area contributed by atoms with Gasteiger partial charge in [0.05, 0.1) is 6.54 Å². The third-order valence-electron chi connectivity index (χ3n) is 5.00. The van der Waals surface area contributed by atoms with Gasteiger partial charge < -0.3 is 20.1 Å². The Morgan fingerprint density at radius 1 is 1.14 bits per heavy atom. The topological polar surface area (TPSA) is 81.9 Å². The van der Waals surface area contributed by atoms with Gasteiger partial charge in [-0.1, -0.05) is 37.3 Å². The Hall–Kier alpha value is -2.86. The average Bonchev–Trinajstić information content (AvgIpc) is 2.74. The van der Waals surface area contributed by atoms with Crippen molar-refractivity contribution in [2.75, 3.05) is 26.3 Å². The van der Waals surface area contributed by atoms with Crippen molar-refractivity contribution in [2.45, 2.75) is 32.3 Å². The number of carbonyl (C=O) groups is 2. The molecule has 1 aliphatic heterocycles. The zero-order valence-corrected chi connectivity index (χ0v) is 16.8. The number of nitrogens with zero attached hydrogens (tertiary/aromatic N) is 1. The second kappa shape index (κ2) is 10.1. The lowest BCUT2D eigenvalue weighted by Crippen LogP contribution is -2.40. The second-order valence-corrected chi connectivity index (χ2v) is 7.16. The van der Waals surface area contributed by atoms with E-state index in [1.54, 1.807) is 0 Å². The van der Waals surface area contributed by atoms with Gasteiger partial charge in [-0.05, 0) is 42.2 Å². The highest BCUT2D eigenvalue weighted by atomic mass is 16.5. The standard InChI is InChI=1S/C23H28N2O4/c1-2-14-29-21(22(24)26)16-17-7-9-19(10-8-17)28-15-13-25-12-11-18-5-3-4-6-20(18)23(25)27/h3-10,21H,2,11-16H2,1H3,(H2,24,26). The number of amides is 2. The highest BCUT2D eigenvalue weighted by molar-refractivity contribution is 5.96. The van der Waals surface area contributed by atoms with Crippen molar-refractivity contribution in [2.24, 2.45) is 5.73 Å². The smallest absolute Gasteiger partial charge is 0.254 e. The van der Waals surface area contributed by atoms with Crippen LogP contribution < -0.4 is 10.5 Å². The molecule has 0 saturated heterocycles. The molecule has 3 rings (SSSR count). The molecule has 0 spiro atoms. The monoisotopic (exact) mass is 396 g/mol. The Labute approximate surface area is 171 Å². The molecule has 0 radical (unpaired) electrons. The Kier molecular flexibility index (Phi) is 7.25. The summed E-state index contributed by atoms with van der Waals surface area (Å²) < 4.78 is 11.3. The maximum Gasteiger partial charge on any atom is 0.254 e. The zero-order valence-electron chi connectivity index (χ0n) is 16.8. The molecule has 0 aromatic heterocycles. The van der Waals surface area contributed by atoms with Crippen LogP contribution in [0.3, 0.4) is 0 Å². The summed E-state index contributed by atoms with van der Waals surface area (Å²) in [6.45, 7) is 4.18. The van der Waals surface area contributed by atoms with Crippen molar-refractivity contribution < 1.29 is 19.1 Å². The lowest BCUT2D eigenvalue weighted by molar-refractivity contribution is -0.129. The largest absolute Gasteiger partial charge is 0.492 e. The molecular weight excluding hydrogens is 368 g/mol. The lowest BCUT2D eigenvalue weighted by atomic mass is 9.99. The van der Waals surface area contributed by atoms with Crippen molar-refractivity contribution >= 4 is 11.8 Å². The molecule has 0 bridgehead atoms. The molecule has 0 saturated carbocycles. The van der Waals surface area contributed by atoms with Crippen molar-refractivity contribution in [1.82, 2.24) is 4.90 Å². The van der Waals surface area contributed by atoms with Crippen LogP contribution in [0, 0.1) is 0 Å². The molecule has 2 N–H and O–H groups in total. The molecule has 1 unspecified atom stereocenters. The van der Waals surface area contributed by atoms with Gasteiger partial charge in [-0.25, -0.2) is 0 Å². The van der Waals surface area contributed by atoms with E-state index in [0.717, 1.165) is 35.3 Å². The van der Waals surface area contributed by atoms with Gasteiger partial charge in [0.25, 0.3) is 5.91 Å². The first kappa shape index (κ1) is 20.9. The zero-order chi connectivity index (χ0) is 20.6. The van der Waals surface area contributed by atoms with Gasteiger partial charge in [0.1, 0.15) is 18.5 Å². The van der Waals surface area contributed by atoms with Crippen LogP contribution in [0.5, 0.6) is 5.75 Å². The second-order valence-electron chi connectivity index (χ2n) is 7.16. The molecule has 2 amide bonds. The molecule has 154 valence electrons. The third-order valence-corrected chi connectivity index (χ3v) is 5.00. The molecule has 2 aromatic carbocycles. The molecule has 0 fully saturated rings. The van der Waals surface area contributed by atoms with E-state index in [4.69, 9.17) is 15.2 Å². The summed E-state index contributed by atoms with van der Waals surface area (Å²) in [5.74, 6) is 0.339. The van der Waals surface area contributed by atoms with Crippen molar-refractivity contribution in [3.05, 3.63) is 65.2 Å². The van der Waals surface area contributed by atoms with Crippen LogP contribution in [0.2, 0.25) is 0 Å². The van der Waals surface area contributed by atoms with E-state index in [1.807, 2.05) is 60.4 Å². The number of nitrogens with two attached hydrogens (primary N) is 1. The minimum absolute atomic E-state index is 0.0652. The van der Waals surface area contributed by atoms with Gasteiger partial charge in [0.2, 0.25) is 5.91 Å². The molecule has 0 aliphatic carbocycles. The van der Waals surface area contributed by atoms with Crippen LogP contribution in [0.4, 0.5) is 0 Å². The van der Waals surface area contributed by atoms with E-state index in [1.165, 1.54) is 0 Å². The predicted molar refractivity (Wildman–Crippen MR) is 111 cm³/mol. The van der Waals surface area contributed by atoms with Crippen LogP contribution in [-0.4, -0.2) is 49.1 Å². The fourth-order valence-corrected chi connectivity index (χ4v) is 3.40. The van der Waals surface area contributed by atoms with Gasteiger partial charge in [-0.2, -0.15) is 0 Å². The average molecular weight is 396 g/mol. The van der Waals surface area contributed by atoms with Crippen LogP contribution >= 0.6 is 0 Å². The Morgan fingerprint density at radius 3 is 2.62 bits per heavy atom. The fraction of sp³-hybridized carbons (Fsp3) is 0.391. The highest BCUT2D eigenvalue weighted by Gasteiger charge is 2.23. The molecular formula is C23H28N2O4. The summed E-state index contributed by atoms with van der Waals surface area (Å²) in [4.78, 5) is 25.9. The van der Waals surface area contributed by atoms with Gasteiger partial charge in [0.15, 0.2) is 0 Å². The summed E-state index contributed by atoms with van der Waals surface area (Å²) in [6, 6.07) is 15.3. The number of carbonyl (C=O) groups excluding carboxylic acids is 2. The first-order valence-corrected chi connectivity index (χ1v) is 10.1. The van der Waals surface area contributed by atoms with Crippen molar-refractivity contribution in [3.8, 4) is 5.75 Å². The first-order chi connectivity index (χ1) is 14.1. The van der Waals surface area contributed by atoms with E-state index >= 15 is 0 Å². The van der Waals surface area contributed by atoms with E-state index < -0.39 is 12.0 Å². The third kappa shape index (κ3) is 5.57. The van der Waals surface area contributed by atoms with Crippen LogP contribution in [-0.2, 0) is 22.4 Å². The maximum absolute atomic E-state index is 12.6. The Balaban J connectivity index is 1.48. The molecule has 2 aromatic rings. The molecule has 29 heavy (non-hydrogen) atoms. The van der Waals surface area contributed by atoms with Gasteiger partial charge >= 0.3 is 0 Å². The van der Waals surface area contributed by atoms with E-state index in [0.29, 0.717) is 32.7 Å². The number of hydrogen-bond acceptors (Lipinski definition) is 4. The summed E-state index contributed by atoms with van der Waals surface area (Å²) in [7, 11) is 0. The first-order valence-electron chi connectivity index (χ1n) is 10.1. The molecule has 1 atom stereocenters. The van der Waals surface area contributed by atoms with Gasteiger partial charge in [0, 0.05) is 25.1 Å². The number of primary amides is 1. The van der Waals surface area contributed by atoms with E-state index in [-0.39, 0.29) is 5.91 Å². The predicted octanol–water partition coefficient (Wildman–Crippen LogP) is 2.59. The molecule has 1 heterocycles. The van der Waals surface area contributed by atoms with E-state index in [2.05, 4.69) is 0 Å². The van der Waals surface area contributed by atoms with Crippen LogP contribution in [0.25, 0.3) is 0 Å². The number of hydrogen-bond donors (Lipinski definition) is 1. The molecule has 6 heteroatoms. The van der Waals surface area contributed by atoms with Crippen LogP contribution in [0.1, 0.15) is 34.8 Å². The summed E-state index contributed by atoms with van der Waals surface area (Å²) >= 11 is 0. The van der Waals surface area contributed by atoms with Gasteiger partial charge in [-0.3, -0.25) is 9.59 Å². The number of rotatable bonds is 10. The lowest BCUT2D eigenvalue weighted by Gasteiger charge is -2.28. The summed E-state index contributed by atoms with van der Waals surface area (Å²) in [5, 5.41) is 0. The summed E-state index contributed by atoms with van der Waals surface area (Å²) in [5.41, 5.74) is 8.27. The Morgan fingerprint density at radius 2 is 1.90 bits per heavy atom. The SMILES string of the molecule is CCCOC(Cc1ccc(OCCN2CCc3ccccc3C2=O)cc1)C(N)=O. The number of ether oxygens (including phenoxy) is 2. The van der Waals surface area contributed by atoms with Crippen LogP contribution in [0.15, 0.2) is 48.5 Å². The minimum Gasteiger partial charge on any atom is -0.492 e. The quantitative estimate of drug-likeness (QED) is 0.669. The number of benzene rings is 2. The summed E-state index contributed by atoms with van der Waals surface area (Å²) in [6.07, 6.45) is 1.53. The normalized spacial score (nSPS) is 14.4. The van der Waals surface area contributed by atoms with Crippen molar-refractivity contribution in [3.63, 3.8) is 0 Å². The molecule has 1 aliphatic rings. The molecule has 6 nitrogen and oxygen atoms in total. The van der Waals surface area contributed by atoms with E-state index in [9.17, 15) is 9.59 Å². The Bertz CT molecular complexity index is 835.